The van der Waals surface area contributed by atoms with Crippen LogP contribution in [0.3, 0.4) is 0 Å². The largest absolute Gasteiger partial charge is 0.493 e. The first-order valence-electron chi connectivity index (χ1n) is 9.49. The summed E-state index contributed by atoms with van der Waals surface area (Å²) in [6, 6.07) is 11.2. The third-order valence-corrected chi connectivity index (χ3v) is 6.01. The molecule has 0 aliphatic heterocycles. The van der Waals surface area contributed by atoms with Crippen LogP contribution in [0.4, 0.5) is 14.9 Å². The summed E-state index contributed by atoms with van der Waals surface area (Å²) in [4.78, 5) is 18.8. The number of hydrogen-bond acceptors (Lipinski definition) is 5. The topological polar surface area (TPSA) is 76.9 Å². The highest BCUT2D eigenvalue weighted by Gasteiger charge is 2.15. The molecule has 4 rings (SSSR count). The number of amides is 2. The number of ether oxygens (including phenoxy) is 2. The first-order chi connectivity index (χ1) is 15.0. The van der Waals surface area contributed by atoms with Gasteiger partial charge in [-0.1, -0.05) is 17.4 Å². The zero-order chi connectivity index (χ0) is 22.0. The lowest BCUT2D eigenvalue weighted by atomic mass is 10.2. The molecular weight excluding hydrogens is 419 g/mol. The fraction of sp³-hybridized carbons (Fsp3) is 0.182. The smallest absolute Gasteiger partial charge is 0.319 e. The summed E-state index contributed by atoms with van der Waals surface area (Å²) in [5, 5.41) is 5.65. The molecule has 2 amide bonds. The lowest BCUT2D eigenvalue weighted by Gasteiger charge is -2.13. The molecule has 31 heavy (non-hydrogen) atoms. The Morgan fingerprint density at radius 2 is 1.94 bits per heavy atom. The number of anilines is 1. The van der Waals surface area contributed by atoms with Gasteiger partial charge in [-0.2, -0.15) is 0 Å². The Morgan fingerprint density at radius 1 is 1.16 bits per heavy atom. The molecule has 0 aliphatic rings. The number of rotatable bonds is 6. The molecule has 0 saturated heterocycles. The van der Waals surface area contributed by atoms with Gasteiger partial charge in [-0.3, -0.25) is 4.40 Å². The Labute approximate surface area is 182 Å². The average Bonchev–Trinajstić information content (AvgIpc) is 3.31. The van der Waals surface area contributed by atoms with E-state index < -0.39 is 0 Å². The van der Waals surface area contributed by atoms with Gasteiger partial charge in [0.2, 0.25) is 0 Å². The van der Waals surface area contributed by atoms with Crippen LogP contribution in [0.2, 0.25) is 0 Å². The number of para-hydroxylation sites is 1. The number of fused-ring (bicyclic) bond motifs is 1. The van der Waals surface area contributed by atoms with Crippen molar-refractivity contribution in [3.05, 3.63) is 65.0 Å². The number of nitrogens with zero attached hydrogens (tertiary/aromatic N) is 2. The van der Waals surface area contributed by atoms with Crippen molar-refractivity contribution in [3.8, 4) is 22.8 Å². The molecule has 0 atom stereocenters. The van der Waals surface area contributed by atoms with E-state index >= 15 is 0 Å². The molecule has 2 aromatic heterocycles. The Bertz CT molecular complexity index is 1230. The number of aromatic nitrogens is 2. The number of methoxy groups -OCH3 is 2. The summed E-state index contributed by atoms with van der Waals surface area (Å²) < 4.78 is 25.7. The summed E-state index contributed by atoms with van der Waals surface area (Å²) in [6.45, 7) is 2.32. The lowest BCUT2D eigenvalue weighted by molar-refractivity contribution is 0.251. The predicted octanol–water partition coefficient (Wildman–Crippen LogP) is 4.85. The van der Waals surface area contributed by atoms with Crippen molar-refractivity contribution in [1.29, 1.82) is 0 Å². The molecule has 160 valence electrons. The van der Waals surface area contributed by atoms with Gasteiger partial charge in [0.05, 0.1) is 32.1 Å². The highest BCUT2D eigenvalue weighted by Crippen LogP contribution is 2.34. The van der Waals surface area contributed by atoms with Gasteiger partial charge in [-0.25, -0.2) is 14.2 Å². The SMILES string of the molecule is COc1cccc(NC(=O)NCc2sc3nc(-c4ccc(F)cc4)cn3c2C)c1OC. The average molecular weight is 441 g/mol. The van der Waals surface area contributed by atoms with E-state index in [4.69, 9.17) is 9.47 Å². The van der Waals surface area contributed by atoms with E-state index in [1.807, 2.05) is 17.5 Å². The van der Waals surface area contributed by atoms with Gasteiger partial charge in [0.1, 0.15) is 5.82 Å². The fourth-order valence-electron chi connectivity index (χ4n) is 3.23. The van der Waals surface area contributed by atoms with Gasteiger partial charge in [-0.05, 0) is 43.3 Å². The molecule has 0 unspecified atom stereocenters. The van der Waals surface area contributed by atoms with Crippen molar-refractivity contribution in [3.63, 3.8) is 0 Å². The number of halogens is 1. The summed E-state index contributed by atoms with van der Waals surface area (Å²) in [7, 11) is 3.06. The molecule has 0 aliphatic carbocycles. The number of carbonyl (C=O) groups is 1. The molecule has 0 radical (unpaired) electrons. The van der Waals surface area contributed by atoms with Crippen LogP contribution in [-0.2, 0) is 6.54 Å². The van der Waals surface area contributed by atoms with Gasteiger partial charge in [0, 0.05) is 22.3 Å². The normalized spacial score (nSPS) is 10.8. The molecule has 9 heteroatoms. The van der Waals surface area contributed by atoms with Crippen molar-refractivity contribution < 1.29 is 18.7 Å². The maximum Gasteiger partial charge on any atom is 0.319 e. The van der Waals surface area contributed by atoms with Gasteiger partial charge in [-0.15, -0.1) is 0 Å². The highest BCUT2D eigenvalue weighted by molar-refractivity contribution is 7.17. The minimum Gasteiger partial charge on any atom is -0.493 e. The molecule has 2 aromatic carbocycles. The van der Waals surface area contributed by atoms with Gasteiger partial charge < -0.3 is 20.1 Å². The first kappa shape index (κ1) is 20.7. The van der Waals surface area contributed by atoms with Crippen LogP contribution in [0, 0.1) is 12.7 Å². The fourth-order valence-corrected chi connectivity index (χ4v) is 4.27. The number of benzene rings is 2. The summed E-state index contributed by atoms with van der Waals surface area (Å²) >= 11 is 1.50. The van der Waals surface area contributed by atoms with Gasteiger partial charge in [0.25, 0.3) is 0 Å². The third-order valence-electron chi connectivity index (χ3n) is 4.85. The molecule has 2 heterocycles. The van der Waals surface area contributed by atoms with E-state index in [0.29, 0.717) is 23.7 Å². The number of hydrogen-bond donors (Lipinski definition) is 2. The van der Waals surface area contributed by atoms with E-state index in [0.717, 1.165) is 26.8 Å². The van der Waals surface area contributed by atoms with Gasteiger partial charge in [0.15, 0.2) is 16.5 Å². The number of nitrogens with one attached hydrogen (secondary N) is 2. The summed E-state index contributed by atoms with van der Waals surface area (Å²) in [5.74, 6) is 0.714. The van der Waals surface area contributed by atoms with E-state index in [1.54, 1.807) is 37.4 Å². The zero-order valence-electron chi connectivity index (χ0n) is 17.2. The Morgan fingerprint density at radius 3 is 2.61 bits per heavy atom. The lowest BCUT2D eigenvalue weighted by Crippen LogP contribution is -2.28. The van der Waals surface area contributed by atoms with Crippen LogP contribution in [0.5, 0.6) is 11.5 Å². The molecule has 0 spiro atoms. The molecule has 0 fully saturated rings. The van der Waals surface area contributed by atoms with E-state index in [-0.39, 0.29) is 11.8 Å². The minimum atomic E-state index is -0.357. The predicted molar refractivity (Wildman–Crippen MR) is 119 cm³/mol. The zero-order valence-corrected chi connectivity index (χ0v) is 18.0. The maximum atomic E-state index is 13.2. The third kappa shape index (κ3) is 4.17. The Hall–Kier alpha value is -3.59. The number of carbonyl (C=O) groups excluding carboxylic acids is 1. The number of imidazole rings is 1. The van der Waals surface area contributed by atoms with Crippen LogP contribution < -0.4 is 20.1 Å². The van der Waals surface area contributed by atoms with Crippen molar-refractivity contribution in [2.45, 2.75) is 13.5 Å². The number of urea groups is 1. The van der Waals surface area contributed by atoms with Gasteiger partial charge >= 0.3 is 6.03 Å². The molecule has 0 saturated carbocycles. The van der Waals surface area contributed by atoms with E-state index in [1.165, 1.54) is 30.6 Å². The second-order valence-corrected chi connectivity index (χ2v) is 7.81. The Kier molecular flexibility index (Phi) is 5.77. The number of aryl methyl sites for hydroxylation is 1. The van der Waals surface area contributed by atoms with Crippen LogP contribution in [0.25, 0.3) is 16.2 Å². The van der Waals surface area contributed by atoms with Crippen molar-refractivity contribution >= 4 is 28.0 Å². The first-order valence-corrected chi connectivity index (χ1v) is 10.3. The summed E-state index contributed by atoms with van der Waals surface area (Å²) in [6.07, 6.45) is 1.92. The number of thiazole rings is 1. The van der Waals surface area contributed by atoms with E-state index in [9.17, 15) is 9.18 Å². The van der Waals surface area contributed by atoms with Crippen molar-refractivity contribution in [2.24, 2.45) is 0 Å². The monoisotopic (exact) mass is 440 g/mol. The van der Waals surface area contributed by atoms with Crippen molar-refractivity contribution in [1.82, 2.24) is 14.7 Å². The quantitative estimate of drug-likeness (QED) is 0.449. The highest BCUT2D eigenvalue weighted by atomic mass is 32.1. The molecule has 4 aromatic rings. The molecule has 7 nitrogen and oxygen atoms in total. The summed E-state index contributed by atoms with van der Waals surface area (Å²) in [5.41, 5.74) is 3.13. The minimum absolute atomic E-state index is 0.279. The molecular formula is C22H21FN4O3S. The standard InChI is InChI=1S/C22H21FN4O3S/c1-13-19(11-24-21(28)25-16-5-4-6-18(29-2)20(16)30-3)31-22-26-17(12-27(13)22)14-7-9-15(23)10-8-14/h4-10,12H,11H2,1-3H3,(H2,24,25,28). The van der Waals surface area contributed by atoms with Crippen LogP contribution >= 0.6 is 11.3 Å². The molecule has 2 N–H and O–H groups in total. The second-order valence-electron chi connectivity index (χ2n) is 6.75. The van der Waals surface area contributed by atoms with Crippen LogP contribution in [0.15, 0.2) is 48.7 Å². The second kappa shape index (κ2) is 8.65. The van der Waals surface area contributed by atoms with E-state index in [2.05, 4.69) is 15.6 Å². The maximum absolute atomic E-state index is 13.2. The molecule has 0 bridgehead atoms. The van der Waals surface area contributed by atoms with Crippen LogP contribution in [-0.4, -0.2) is 29.6 Å². The van der Waals surface area contributed by atoms with Crippen molar-refractivity contribution in [2.75, 3.05) is 19.5 Å². The Balaban J connectivity index is 1.46. The van der Waals surface area contributed by atoms with Crippen LogP contribution in [0.1, 0.15) is 10.6 Å².